The molecule has 0 aromatic heterocycles. The molecule has 1 atom stereocenters. The lowest BCUT2D eigenvalue weighted by Gasteiger charge is -2.28. The molecule has 2 N–H and O–H groups in total. The third kappa shape index (κ3) is 2.60. The van der Waals surface area contributed by atoms with Gasteiger partial charge in [-0.25, -0.2) is 0 Å². The van der Waals surface area contributed by atoms with Crippen molar-refractivity contribution in [2.24, 2.45) is 5.73 Å². The van der Waals surface area contributed by atoms with Crippen molar-refractivity contribution in [2.75, 3.05) is 19.0 Å². The van der Waals surface area contributed by atoms with Gasteiger partial charge in [-0.15, -0.1) is 0 Å². The maximum atomic E-state index is 9.53. The quantitative estimate of drug-likeness (QED) is 0.916. The summed E-state index contributed by atoms with van der Waals surface area (Å²) in [4.78, 5) is 1.98. The Morgan fingerprint density at radius 2 is 1.91 bits per heavy atom. The number of benzene rings is 2. The largest absolute Gasteiger partial charge is 0.440 e. The van der Waals surface area contributed by atoms with Crippen LogP contribution in [-0.2, 0) is 0 Å². The molecule has 0 fully saturated rings. The van der Waals surface area contributed by atoms with Gasteiger partial charge in [0.25, 0.3) is 0 Å². The maximum Gasteiger partial charge on any atom is 0.205 e. The first-order valence-corrected chi connectivity index (χ1v) is 7.54. The lowest BCUT2D eigenvalue weighted by molar-refractivity contribution is 0.394. The monoisotopic (exact) mass is 325 g/mol. The molecule has 1 heterocycles. The lowest BCUT2D eigenvalue weighted by atomic mass is 9.83. The van der Waals surface area contributed by atoms with Gasteiger partial charge in [0.05, 0.1) is 5.92 Å². The van der Waals surface area contributed by atoms with Gasteiger partial charge in [0.15, 0.2) is 0 Å². The lowest BCUT2D eigenvalue weighted by Crippen LogP contribution is -2.21. The van der Waals surface area contributed by atoms with Crippen molar-refractivity contribution in [3.8, 4) is 11.8 Å². The summed E-state index contributed by atoms with van der Waals surface area (Å²) in [7, 11) is 3.91. The average molecular weight is 326 g/mol. The smallest absolute Gasteiger partial charge is 0.205 e. The molecule has 0 saturated carbocycles. The van der Waals surface area contributed by atoms with E-state index < -0.39 is 0 Å². The summed E-state index contributed by atoms with van der Waals surface area (Å²) >= 11 is 6.35. The number of halogens is 1. The molecule has 1 aliphatic heterocycles. The van der Waals surface area contributed by atoms with Crippen molar-refractivity contribution in [1.29, 1.82) is 5.26 Å². The fraction of sp³-hybridized carbons (Fsp3) is 0.167. The third-order valence-electron chi connectivity index (χ3n) is 3.94. The number of rotatable bonds is 2. The molecule has 0 aliphatic carbocycles. The zero-order valence-corrected chi connectivity index (χ0v) is 13.6. The number of nitrogens with two attached hydrogens (primary N) is 1. The molecule has 0 spiro atoms. The number of allylic oxidation sites excluding steroid dienone is 1. The highest BCUT2D eigenvalue weighted by molar-refractivity contribution is 6.31. The van der Waals surface area contributed by atoms with Crippen LogP contribution in [-0.4, -0.2) is 14.1 Å². The van der Waals surface area contributed by atoms with Crippen molar-refractivity contribution in [1.82, 2.24) is 0 Å². The minimum Gasteiger partial charge on any atom is -0.440 e. The van der Waals surface area contributed by atoms with Gasteiger partial charge in [0, 0.05) is 36.4 Å². The average Bonchev–Trinajstić information content (AvgIpc) is 2.53. The summed E-state index contributed by atoms with van der Waals surface area (Å²) in [6.45, 7) is 0. The van der Waals surface area contributed by atoms with E-state index in [0.29, 0.717) is 16.3 Å². The Hall–Kier alpha value is -2.64. The molecular weight excluding hydrogens is 310 g/mol. The normalized spacial score (nSPS) is 16.3. The summed E-state index contributed by atoms with van der Waals surface area (Å²) in [5.41, 5.74) is 9.09. The molecular formula is C18H16ClN3O. The van der Waals surface area contributed by atoms with Crippen molar-refractivity contribution >= 4 is 17.3 Å². The zero-order valence-electron chi connectivity index (χ0n) is 12.9. The van der Waals surface area contributed by atoms with Crippen LogP contribution in [0.15, 0.2) is 53.9 Å². The SMILES string of the molecule is CN(C)c1ccc2c(c1)OC(N)=C(C#N)[C@H]2c1ccccc1Cl. The van der Waals surface area contributed by atoms with Crippen LogP contribution in [0.4, 0.5) is 5.69 Å². The van der Waals surface area contributed by atoms with Crippen LogP contribution < -0.4 is 15.4 Å². The van der Waals surface area contributed by atoms with E-state index >= 15 is 0 Å². The first kappa shape index (κ1) is 15.3. The molecule has 23 heavy (non-hydrogen) atoms. The van der Waals surface area contributed by atoms with Gasteiger partial charge in [0.2, 0.25) is 5.88 Å². The van der Waals surface area contributed by atoms with E-state index in [9.17, 15) is 5.26 Å². The van der Waals surface area contributed by atoms with E-state index in [1.54, 1.807) is 0 Å². The molecule has 2 aromatic rings. The molecule has 116 valence electrons. The van der Waals surface area contributed by atoms with E-state index in [2.05, 4.69) is 6.07 Å². The van der Waals surface area contributed by atoms with Crippen molar-refractivity contribution in [3.05, 3.63) is 70.1 Å². The van der Waals surface area contributed by atoms with Gasteiger partial charge in [-0.1, -0.05) is 35.9 Å². The summed E-state index contributed by atoms with van der Waals surface area (Å²) in [6.07, 6.45) is 0. The highest BCUT2D eigenvalue weighted by atomic mass is 35.5. The van der Waals surface area contributed by atoms with Crippen LogP contribution >= 0.6 is 11.6 Å². The predicted molar refractivity (Wildman–Crippen MR) is 91.5 cm³/mol. The number of anilines is 1. The second-order valence-corrected chi connectivity index (χ2v) is 5.97. The minimum absolute atomic E-state index is 0.126. The fourth-order valence-electron chi connectivity index (χ4n) is 2.75. The summed E-state index contributed by atoms with van der Waals surface area (Å²) in [5, 5.41) is 10.1. The first-order chi connectivity index (χ1) is 11.0. The summed E-state index contributed by atoms with van der Waals surface area (Å²) < 4.78 is 5.68. The number of nitriles is 1. The Bertz CT molecular complexity index is 836. The maximum absolute atomic E-state index is 9.53. The second kappa shape index (κ2) is 5.86. The molecule has 2 aromatic carbocycles. The van der Waals surface area contributed by atoms with Crippen LogP contribution in [0.5, 0.6) is 5.75 Å². The zero-order chi connectivity index (χ0) is 16.6. The number of nitrogens with zero attached hydrogens (tertiary/aromatic N) is 2. The number of hydrogen-bond acceptors (Lipinski definition) is 4. The Morgan fingerprint density at radius 1 is 1.17 bits per heavy atom. The van der Waals surface area contributed by atoms with Crippen LogP contribution in [0.3, 0.4) is 0 Å². The minimum atomic E-state index is -0.325. The van der Waals surface area contributed by atoms with Gasteiger partial charge >= 0.3 is 0 Å². The van der Waals surface area contributed by atoms with Gasteiger partial charge in [0.1, 0.15) is 17.4 Å². The van der Waals surface area contributed by atoms with Gasteiger partial charge in [-0.2, -0.15) is 5.26 Å². The van der Waals surface area contributed by atoms with Crippen LogP contribution in [0, 0.1) is 11.3 Å². The fourth-order valence-corrected chi connectivity index (χ4v) is 3.00. The first-order valence-electron chi connectivity index (χ1n) is 7.16. The van der Waals surface area contributed by atoms with Crippen LogP contribution in [0.25, 0.3) is 0 Å². The Balaban J connectivity index is 2.22. The van der Waals surface area contributed by atoms with Crippen LogP contribution in [0.2, 0.25) is 5.02 Å². The Kier molecular flexibility index (Phi) is 3.89. The molecule has 0 radical (unpaired) electrons. The third-order valence-corrected chi connectivity index (χ3v) is 4.28. The van der Waals surface area contributed by atoms with E-state index in [-0.39, 0.29) is 11.8 Å². The molecule has 0 saturated heterocycles. The van der Waals surface area contributed by atoms with E-state index in [1.807, 2.05) is 61.5 Å². The van der Waals surface area contributed by atoms with E-state index in [4.69, 9.17) is 22.1 Å². The molecule has 3 rings (SSSR count). The van der Waals surface area contributed by atoms with E-state index in [0.717, 1.165) is 16.8 Å². The Morgan fingerprint density at radius 3 is 2.57 bits per heavy atom. The highest BCUT2D eigenvalue weighted by Crippen LogP contribution is 2.44. The summed E-state index contributed by atoms with van der Waals surface area (Å²) in [6, 6.07) is 15.5. The Labute approximate surface area is 140 Å². The van der Waals surface area contributed by atoms with Crippen LogP contribution in [0.1, 0.15) is 17.0 Å². The molecule has 0 unspecified atom stereocenters. The topological polar surface area (TPSA) is 62.3 Å². The molecule has 1 aliphatic rings. The predicted octanol–water partition coefficient (Wildman–Crippen LogP) is 3.62. The van der Waals surface area contributed by atoms with Crippen molar-refractivity contribution < 1.29 is 4.74 Å². The molecule has 0 amide bonds. The van der Waals surface area contributed by atoms with Gasteiger partial charge in [-0.05, 0) is 17.7 Å². The summed E-state index contributed by atoms with van der Waals surface area (Å²) in [5.74, 6) is 0.451. The number of fused-ring (bicyclic) bond motifs is 1. The standard InChI is InChI=1S/C18H16ClN3O/c1-22(2)11-7-8-13-16(9-11)23-18(21)14(10-20)17(13)12-5-3-4-6-15(12)19/h3-9,17H,21H2,1-2H3/t17-/m0/s1. The number of ether oxygens (including phenoxy) is 1. The molecule has 0 bridgehead atoms. The van der Waals surface area contributed by atoms with Crippen molar-refractivity contribution in [3.63, 3.8) is 0 Å². The highest BCUT2D eigenvalue weighted by Gasteiger charge is 2.31. The van der Waals surface area contributed by atoms with Gasteiger partial charge in [-0.3, -0.25) is 0 Å². The molecule has 4 nitrogen and oxygen atoms in total. The molecule has 5 heteroatoms. The second-order valence-electron chi connectivity index (χ2n) is 5.56. The van der Waals surface area contributed by atoms with Crippen molar-refractivity contribution in [2.45, 2.75) is 5.92 Å². The number of hydrogen-bond donors (Lipinski definition) is 1. The van der Waals surface area contributed by atoms with Gasteiger partial charge < -0.3 is 15.4 Å². The van der Waals surface area contributed by atoms with E-state index in [1.165, 1.54) is 0 Å².